The lowest BCUT2D eigenvalue weighted by atomic mass is 10.1. The summed E-state index contributed by atoms with van der Waals surface area (Å²) in [5.41, 5.74) is 3.13. The monoisotopic (exact) mass is 410 g/mol. The highest BCUT2D eigenvalue weighted by atomic mass is 32.2. The Morgan fingerprint density at radius 3 is 2.55 bits per heavy atom. The van der Waals surface area contributed by atoms with E-state index < -0.39 is 0 Å². The summed E-state index contributed by atoms with van der Waals surface area (Å²) in [5, 5.41) is 2.02. The number of rotatable bonds is 8. The van der Waals surface area contributed by atoms with Crippen LogP contribution in [0.15, 0.2) is 53.6 Å². The quantitative estimate of drug-likeness (QED) is 0.504. The zero-order chi connectivity index (χ0) is 20.8. The van der Waals surface area contributed by atoms with Crippen molar-refractivity contribution >= 4 is 28.6 Å². The lowest BCUT2D eigenvalue weighted by Crippen LogP contribution is -2.31. The number of benzene rings is 2. The van der Waals surface area contributed by atoms with Crippen LogP contribution >= 0.6 is 11.8 Å². The van der Waals surface area contributed by atoms with Crippen LogP contribution in [0.5, 0.6) is 11.5 Å². The number of carbonyl (C=O) groups is 1. The number of para-hydroxylation sites is 1. The average molecular weight is 411 g/mol. The third-order valence-electron chi connectivity index (χ3n) is 4.80. The molecule has 6 heteroatoms. The number of fused-ring (bicyclic) bond motifs is 1. The Bertz CT molecular complexity index is 1010. The van der Waals surface area contributed by atoms with E-state index >= 15 is 0 Å². The molecule has 152 valence electrons. The van der Waals surface area contributed by atoms with Crippen molar-refractivity contribution in [2.45, 2.75) is 25.4 Å². The largest absolute Gasteiger partial charge is 0.493 e. The Hall–Kier alpha value is -2.73. The third-order valence-corrected chi connectivity index (χ3v) is 5.70. The highest BCUT2D eigenvalue weighted by Crippen LogP contribution is 2.28. The molecule has 0 aliphatic heterocycles. The first-order chi connectivity index (χ1) is 14.0. The molecule has 5 nitrogen and oxygen atoms in total. The van der Waals surface area contributed by atoms with Crippen LogP contribution in [0.25, 0.3) is 10.9 Å². The van der Waals surface area contributed by atoms with E-state index in [4.69, 9.17) is 9.47 Å². The first-order valence-corrected chi connectivity index (χ1v) is 10.5. The van der Waals surface area contributed by atoms with E-state index in [-0.39, 0.29) is 5.91 Å². The molecular weight excluding hydrogens is 384 g/mol. The summed E-state index contributed by atoms with van der Waals surface area (Å²) in [6.45, 7) is 5.23. The Morgan fingerprint density at radius 1 is 1.07 bits per heavy atom. The second-order valence-corrected chi connectivity index (χ2v) is 7.68. The number of aryl methyl sites for hydroxylation is 1. The molecule has 0 N–H and O–H groups in total. The van der Waals surface area contributed by atoms with Gasteiger partial charge in [0.05, 0.1) is 30.5 Å². The molecule has 0 saturated heterocycles. The smallest absolute Gasteiger partial charge is 0.233 e. The highest BCUT2D eigenvalue weighted by Gasteiger charge is 2.15. The molecule has 1 heterocycles. The summed E-state index contributed by atoms with van der Waals surface area (Å²) in [4.78, 5) is 19.3. The number of pyridine rings is 1. The maximum Gasteiger partial charge on any atom is 0.233 e. The molecule has 3 rings (SSSR count). The molecule has 0 aliphatic rings. The van der Waals surface area contributed by atoms with Crippen LogP contribution < -0.4 is 9.47 Å². The van der Waals surface area contributed by atoms with Crippen LogP contribution in [-0.2, 0) is 11.3 Å². The molecule has 0 unspecified atom stereocenters. The normalized spacial score (nSPS) is 10.8. The molecule has 2 aromatic carbocycles. The first kappa shape index (κ1) is 21.0. The SMILES string of the molecule is CCN(Cc1ccc(OC)c(OC)c1)C(=O)CSc1cc(C)c2ccccc2n1. The Labute approximate surface area is 176 Å². The summed E-state index contributed by atoms with van der Waals surface area (Å²) in [6, 6.07) is 15.8. The molecule has 0 spiro atoms. The van der Waals surface area contributed by atoms with Gasteiger partial charge in [-0.1, -0.05) is 36.0 Å². The number of thioether (sulfide) groups is 1. The molecule has 3 aromatic rings. The van der Waals surface area contributed by atoms with Crippen LogP contribution in [0.2, 0.25) is 0 Å². The highest BCUT2D eigenvalue weighted by molar-refractivity contribution is 7.99. The van der Waals surface area contributed by atoms with Crippen molar-refractivity contribution in [3.8, 4) is 11.5 Å². The van der Waals surface area contributed by atoms with Gasteiger partial charge < -0.3 is 14.4 Å². The predicted molar refractivity (Wildman–Crippen MR) is 118 cm³/mol. The van der Waals surface area contributed by atoms with Gasteiger partial charge in [0, 0.05) is 18.5 Å². The lowest BCUT2D eigenvalue weighted by Gasteiger charge is -2.21. The van der Waals surface area contributed by atoms with Gasteiger partial charge in [-0.3, -0.25) is 4.79 Å². The van der Waals surface area contributed by atoms with Crippen LogP contribution in [-0.4, -0.2) is 42.3 Å². The standard InChI is InChI=1S/C23H26N2O3S/c1-5-25(14-17-10-11-20(27-3)21(13-17)28-4)23(26)15-29-22-12-16(2)18-8-6-7-9-19(18)24-22/h6-13H,5,14-15H2,1-4H3. The Morgan fingerprint density at radius 2 is 1.83 bits per heavy atom. The van der Waals surface area contributed by atoms with Gasteiger partial charge in [-0.25, -0.2) is 4.98 Å². The number of amides is 1. The lowest BCUT2D eigenvalue weighted by molar-refractivity contribution is -0.128. The summed E-state index contributed by atoms with van der Waals surface area (Å²) in [6.07, 6.45) is 0. The van der Waals surface area contributed by atoms with Gasteiger partial charge in [-0.05, 0) is 49.2 Å². The molecule has 0 radical (unpaired) electrons. The molecule has 0 bridgehead atoms. The van der Waals surface area contributed by atoms with Gasteiger partial charge in [-0.15, -0.1) is 0 Å². The van der Waals surface area contributed by atoms with E-state index in [1.54, 1.807) is 14.2 Å². The summed E-state index contributed by atoms with van der Waals surface area (Å²) in [7, 11) is 3.22. The number of aromatic nitrogens is 1. The van der Waals surface area contributed by atoms with E-state index in [1.165, 1.54) is 17.3 Å². The van der Waals surface area contributed by atoms with Crippen molar-refractivity contribution < 1.29 is 14.3 Å². The van der Waals surface area contributed by atoms with Crippen molar-refractivity contribution in [3.63, 3.8) is 0 Å². The molecule has 0 atom stereocenters. The summed E-state index contributed by atoms with van der Waals surface area (Å²) < 4.78 is 10.6. The maximum atomic E-state index is 12.8. The van der Waals surface area contributed by atoms with E-state index in [1.807, 2.05) is 54.3 Å². The van der Waals surface area contributed by atoms with Crippen molar-refractivity contribution in [2.24, 2.45) is 0 Å². The number of carbonyl (C=O) groups excluding carboxylic acids is 1. The van der Waals surface area contributed by atoms with E-state index in [9.17, 15) is 4.79 Å². The molecule has 0 aliphatic carbocycles. The predicted octanol–water partition coefficient (Wildman–Crippen LogP) is 4.70. The second kappa shape index (κ2) is 9.65. The van der Waals surface area contributed by atoms with Crippen molar-refractivity contribution in [3.05, 3.63) is 59.7 Å². The number of nitrogens with zero attached hydrogens (tertiary/aromatic N) is 2. The zero-order valence-electron chi connectivity index (χ0n) is 17.3. The van der Waals surface area contributed by atoms with Gasteiger partial charge in [-0.2, -0.15) is 0 Å². The van der Waals surface area contributed by atoms with Gasteiger partial charge in [0.25, 0.3) is 0 Å². The topological polar surface area (TPSA) is 51.7 Å². The van der Waals surface area contributed by atoms with Gasteiger partial charge >= 0.3 is 0 Å². The van der Waals surface area contributed by atoms with Crippen molar-refractivity contribution in [1.29, 1.82) is 0 Å². The number of methoxy groups -OCH3 is 2. The minimum absolute atomic E-state index is 0.0832. The summed E-state index contributed by atoms with van der Waals surface area (Å²) >= 11 is 1.48. The third kappa shape index (κ3) is 5.01. The number of hydrogen-bond acceptors (Lipinski definition) is 5. The van der Waals surface area contributed by atoms with Gasteiger partial charge in [0.2, 0.25) is 5.91 Å². The molecule has 29 heavy (non-hydrogen) atoms. The zero-order valence-corrected chi connectivity index (χ0v) is 18.1. The fraction of sp³-hybridized carbons (Fsp3) is 0.304. The fourth-order valence-electron chi connectivity index (χ4n) is 3.20. The van der Waals surface area contributed by atoms with Crippen LogP contribution in [0.1, 0.15) is 18.1 Å². The van der Waals surface area contributed by atoms with Gasteiger partial charge in [0.1, 0.15) is 0 Å². The second-order valence-electron chi connectivity index (χ2n) is 6.68. The molecule has 1 amide bonds. The van der Waals surface area contributed by atoms with E-state index in [0.29, 0.717) is 30.3 Å². The number of ether oxygens (including phenoxy) is 2. The number of hydrogen-bond donors (Lipinski definition) is 0. The maximum absolute atomic E-state index is 12.8. The minimum atomic E-state index is 0.0832. The molecular formula is C23H26N2O3S. The molecule has 0 saturated carbocycles. The summed E-state index contributed by atoms with van der Waals surface area (Å²) in [5.74, 6) is 1.78. The van der Waals surface area contributed by atoms with Crippen molar-refractivity contribution in [1.82, 2.24) is 9.88 Å². The first-order valence-electron chi connectivity index (χ1n) is 9.53. The van der Waals surface area contributed by atoms with Crippen molar-refractivity contribution in [2.75, 3.05) is 26.5 Å². The fourth-order valence-corrected chi connectivity index (χ4v) is 4.07. The van der Waals surface area contributed by atoms with E-state index in [2.05, 4.69) is 18.0 Å². The minimum Gasteiger partial charge on any atom is -0.493 e. The Kier molecular flexibility index (Phi) is 6.99. The molecule has 0 fully saturated rings. The van der Waals surface area contributed by atoms with Gasteiger partial charge in [0.15, 0.2) is 11.5 Å². The average Bonchev–Trinajstić information content (AvgIpc) is 2.75. The van der Waals surface area contributed by atoms with Crippen LogP contribution in [0, 0.1) is 6.92 Å². The van der Waals surface area contributed by atoms with Crippen LogP contribution in [0.4, 0.5) is 0 Å². The Balaban J connectivity index is 1.67. The molecule has 1 aromatic heterocycles. The van der Waals surface area contributed by atoms with E-state index in [0.717, 1.165) is 21.5 Å². The van der Waals surface area contributed by atoms with Crippen LogP contribution in [0.3, 0.4) is 0 Å².